The molecule has 0 bridgehead atoms. The Balaban J connectivity index is 2.28. The maximum absolute atomic E-state index is 11.4. The molecule has 0 radical (unpaired) electrons. The fourth-order valence-corrected chi connectivity index (χ4v) is 2.58. The molecule has 0 fully saturated rings. The number of hydrogen-bond acceptors (Lipinski definition) is 4. The van der Waals surface area contributed by atoms with Gasteiger partial charge in [-0.05, 0) is 31.4 Å². The lowest BCUT2D eigenvalue weighted by Gasteiger charge is -2.10. The molecule has 0 saturated carbocycles. The fourth-order valence-electron chi connectivity index (χ4n) is 1.79. The molecule has 2 rings (SSSR count). The molecule has 1 heterocycles. The number of benzene rings is 1. The van der Waals surface area contributed by atoms with Gasteiger partial charge in [-0.3, -0.25) is 4.79 Å². The third-order valence-corrected chi connectivity index (χ3v) is 3.78. The second kappa shape index (κ2) is 5.27. The van der Waals surface area contributed by atoms with Crippen LogP contribution in [0.5, 0.6) is 0 Å². The summed E-state index contributed by atoms with van der Waals surface area (Å²) >= 11 is 1.35. The van der Waals surface area contributed by atoms with Gasteiger partial charge in [-0.2, -0.15) is 0 Å². The Morgan fingerprint density at radius 3 is 2.61 bits per heavy atom. The van der Waals surface area contributed by atoms with E-state index in [4.69, 9.17) is 0 Å². The molecule has 1 unspecified atom stereocenters. The highest BCUT2D eigenvalue weighted by Gasteiger charge is 2.24. The van der Waals surface area contributed by atoms with E-state index in [0.29, 0.717) is 11.4 Å². The first-order valence-electron chi connectivity index (χ1n) is 5.65. The zero-order chi connectivity index (χ0) is 13.1. The van der Waals surface area contributed by atoms with Crippen molar-refractivity contribution < 1.29 is 9.90 Å². The second-order valence-corrected chi connectivity index (χ2v) is 5.39. The largest absolute Gasteiger partial charge is 0.481 e. The summed E-state index contributed by atoms with van der Waals surface area (Å²) in [5.41, 5.74) is 2.14. The molecule has 2 aromatic rings. The highest BCUT2D eigenvalue weighted by Crippen LogP contribution is 2.25. The van der Waals surface area contributed by atoms with Gasteiger partial charge in [-0.1, -0.05) is 24.3 Å². The molecule has 0 aliphatic rings. The summed E-state index contributed by atoms with van der Waals surface area (Å²) in [4.78, 5) is 11.4. The van der Waals surface area contributed by atoms with Gasteiger partial charge >= 0.3 is 5.97 Å². The quantitative estimate of drug-likeness (QED) is 0.919. The summed E-state index contributed by atoms with van der Waals surface area (Å²) in [6.07, 6.45) is 0.455. The van der Waals surface area contributed by atoms with Gasteiger partial charge in [0.15, 0.2) is 0 Å². The number of carboxylic acid groups (broad SMARTS) is 1. The van der Waals surface area contributed by atoms with Crippen LogP contribution >= 0.6 is 11.3 Å². The Kier molecular flexibility index (Phi) is 3.72. The summed E-state index contributed by atoms with van der Waals surface area (Å²) < 4.78 is 0. The molecular formula is C13H14N2O2S. The number of hydrogen-bond donors (Lipinski definition) is 1. The summed E-state index contributed by atoms with van der Waals surface area (Å²) in [5, 5.41) is 18.5. The van der Waals surface area contributed by atoms with Gasteiger partial charge in [0.05, 0.1) is 0 Å². The molecule has 1 atom stereocenters. The normalized spacial score (nSPS) is 12.3. The molecule has 5 heteroatoms. The Hall–Kier alpha value is -1.75. The van der Waals surface area contributed by atoms with E-state index in [1.807, 2.05) is 38.1 Å². The van der Waals surface area contributed by atoms with Crippen molar-refractivity contribution in [3.05, 3.63) is 45.4 Å². The monoisotopic (exact) mass is 262 g/mol. The Morgan fingerprint density at radius 1 is 1.33 bits per heavy atom. The van der Waals surface area contributed by atoms with Crippen molar-refractivity contribution in [1.82, 2.24) is 10.2 Å². The van der Waals surface area contributed by atoms with Gasteiger partial charge in [0, 0.05) is 0 Å². The van der Waals surface area contributed by atoms with Crippen LogP contribution in [0.4, 0.5) is 0 Å². The molecule has 0 amide bonds. The summed E-state index contributed by atoms with van der Waals surface area (Å²) in [5.74, 6) is -1.47. The van der Waals surface area contributed by atoms with E-state index in [1.165, 1.54) is 11.3 Å². The standard InChI is InChI=1S/C13H14N2O2S/c1-8-5-3-4-6-10(8)7-11(13(16)17)12-15-14-9(2)18-12/h3-6,11H,7H2,1-2H3,(H,16,17). The summed E-state index contributed by atoms with van der Waals surface area (Å²) in [6, 6.07) is 7.81. The average Bonchev–Trinajstić information content (AvgIpc) is 2.74. The zero-order valence-electron chi connectivity index (χ0n) is 10.3. The van der Waals surface area contributed by atoms with Crippen molar-refractivity contribution in [1.29, 1.82) is 0 Å². The van der Waals surface area contributed by atoms with Crippen molar-refractivity contribution >= 4 is 17.3 Å². The third-order valence-electron chi connectivity index (χ3n) is 2.82. The number of aromatic nitrogens is 2. The lowest BCUT2D eigenvalue weighted by molar-refractivity contribution is -0.138. The molecule has 0 spiro atoms. The summed E-state index contributed by atoms with van der Waals surface area (Å²) in [7, 11) is 0. The van der Waals surface area contributed by atoms with E-state index in [1.54, 1.807) is 0 Å². The Bertz CT molecular complexity index is 566. The van der Waals surface area contributed by atoms with Gasteiger partial charge in [0.1, 0.15) is 15.9 Å². The fraction of sp³-hybridized carbons (Fsp3) is 0.308. The smallest absolute Gasteiger partial charge is 0.313 e. The minimum atomic E-state index is -0.852. The van der Waals surface area contributed by atoms with Gasteiger partial charge in [0.2, 0.25) is 0 Å². The number of aliphatic carboxylic acids is 1. The molecule has 1 aromatic carbocycles. The Morgan fingerprint density at radius 2 is 2.06 bits per heavy atom. The van der Waals surface area contributed by atoms with E-state index in [2.05, 4.69) is 10.2 Å². The molecule has 0 aliphatic carbocycles. The predicted octanol–water partition coefficient (Wildman–Crippen LogP) is 2.57. The SMILES string of the molecule is Cc1nnc(C(Cc2ccccc2C)C(=O)O)s1. The first-order chi connectivity index (χ1) is 8.58. The number of aryl methyl sites for hydroxylation is 2. The molecule has 94 valence electrons. The van der Waals surface area contributed by atoms with E-state index < -0.39 is 11.9 Å². The maximum Gasteiger partial charge on any atom is 0.313 e. The lowest BCUT2D eigenvalue weighted by Crippen LogP contribution is -2.14. The number of carbonyl (C=O) groups is 1. The minimum Gasteiger partial charge on any atom is -0.481 e. The van der Waals surface area contributed by atoms with Gasteiger partial charge in [-0.15, -0.1) is 21.5 Å². The Labute approximate surface area is 109 Å². The van der Waals surface area contributed by atoms with Gasteiger partial charge in [0.25, 0.3) is 0 Å². The third kappa shape index (κ3) is 2.73. The average molecular weight is 262 g/mol. The van der Waals surface area contributed by atoms with Crippen LogP contribution in [-0.4, -0.2) is 21.3 Å². The van der Waals surface area contributed by atoms with E-state index in [9.17, 15) is 9.90 Å². The number of nitrogens with zero attached hydrogens (tertiary/aromatic N) is 2. The van der Waals surface area contributed by atoms with Crippen LogP contribution in [0.25, 0.3) is 0 Å². The minimum absolute atomic E-state index is 0.455. The highest BCUT2D eigenvalue weighted by molar-refractivity contribution is 7.11. The predicted molar refractivity (Wildman–Crippen MR) is 69.9 cm³/mol. The molecule has 0 aliphatic heterocycles. The van der Waals surface area contributed by atoms with Crippen molar-refractivity contribution in [3.8, 4) is 0 Å². The van der Waals surface area contributed by atoms with E-state index in [0.717, 1.165) is 16.1 Å². The molecule has 4 nitrogen and oxygen atoms in total. The number of carboxylic acids is 1. The highest BCUT2D eigenvalue weighted by atomic mass is 32.1. The van der Waals surface area contributed by atoms with Crippen LogP contribution in [0.2, 0.25) is 0 Å². The molecular weight excluding hydrogens is 248 g/mol. The van der Waals surface area contributed by atoms with Gasteiger partial charge in [-0.25, -0.2) is 0 Å². The maximum atomic E-state index is 11.4. The van der Waals surface area contributed by atoms with E-state index in [-0.39, 0.29) is 0 Å². The van der Waals surface area contributed by atoms with Crippen LogP contribution in [0.1, 0.15) is 27.1 Å². The first-order valence-corrected chi connectivity index (χ1v) is 6.47. The molecule has 18 heavy (non-hydrogen) atoms. The van der Waals surface area contributed by atoms with Crippen LogP contribution in [0.15, 0.2) is 24.3 Å². The van der Waals surface area contributed by atoms with Crippen LogP contribution in [-0.2, 0) is 11.2 Å². The second-order valence-electron chi connectivity index (χ2n) is 4.18. The van der Waals surface area contributed by atoms with E-state index >= 15 is 0 Å². The molecule has 0 saturated heterocycles. The van der Waals surface area contributed by atoms with Crippen molar-refractivity contribution in [2.45, 2.75) is 26.2 Å². The molecule has 1 N–H and O–H groups in total. The van der Waals surface area contributed by atoms with Crippen LogP contribution in [0, 0.1) is 13.8 Å². The lowest BCUT2D eigenvalue weighted by atomic mass is 9.97. The number of rotatable bonds is 4. The van der Waals surface area contributed by atoms with Crippen molar-refractivity contribution in [2.75, 3.05) is 0 Å². The zero-order valence-corrected chi connectivity index (χ0v) is 11.1. The topological polar surface area (TPSA) is 63.1 Å². The van der Waals surface area contributed by atoms with Gasteiger partial charge < -0.3 is 5.11 Å². The van der Waals surface area contributed by atoms with Crippen molar-refractivity contribution in [2.24, 2.45) is 0 Å². The molecule has 1 aromatic heterocycles. The van der Waals surface area contributed by atoms with Crippen LogP contribution < -0.4 is 0 Å². The first kappa shape index (κ1) is 12.7. The van der Waals surface area contributed by atoms with Crippen LogP contribution in [0.3, 0.4) is 0 Å². The van der Waals surface area contributed by atoms with Crippen molar-refractivity contribution in [3.63, 3.8) is 0 Å². The summed E-state index contributed by atoms with van der Waals surface area (Å²) in [6.45, 7) is 3.81.